The number of alkyl halides is 2. The van der Waals surface area contributed by atoms with Gasteiger partial charge in [-0.25, -0.2) is 0 Å². The number of halogens is 2. The molecule has 0 aromatic heterocycles. The Labute approximate surface area is 74.0 Å². The van der Waals surface area contributed by atoms with Gasteiger partial charge in [0.05, 0.1) is 6.10 Å². The molecule has 0 spiro atoms. The molecule has 74 valence electrons. The molecule has 0 saturated carbocycles. The Morgan fingerprint density at radius 2 is 2.23 bits per heavy atom. The summed E-state index contributed by atoms with van der Waals surface area (Å²) >= 11 is 0. The first-order valence-electron chi connectivity index (χ1n) is 3.94. The molecule has 1 rings (SSSR count). The average Bonchev–Trinajstić information content (AvgIpc) is 2.05. The zero-order valence-corrected chi connectivity index (χ0v) is 6.83. The molecule has 0 saturated heterocycles. The van der Waals surface area contributed by atoms with Crippen molar-refractivity contribution in [2.45, 2.75) is 31.5 Å². The van der Waals surface area contributed by atoms with Crippen LogP contribution >= 0.6 is 0 Å². The maximum Gasteiger partial charge on any atom is 0.397 e. The van der Waals surface area contributed by atoms with Gasteiger partial charge in [-0.2, -0.15) is 8.78 Å². The van der Waals surface area contributed by atoms with Crippen molar-refractivity contribution < 1.29 is 23.4 Å². The first-order chi connectivity index (χ1) is 6.02. The number of ether oxygens (including phenoxy) is 1. The molecular weight excluding hydrogens is 182 g/mol. The zero-order valence-electron chi connectivity index (χ0n) is 6.83. The van der Waals surface area contributed by atoms with Gasteiger partial charge in [-0.05, 0) is 19.3 Å². The number of rotatable bonds is 3. The molecule has 0 amide bonds. The molecule has 0 heterocycles. The molecule has 13 heavy (non-hydrogen) atoms. The fraction of sp³-hybridized carbons (Fsp3) is 0.625. The Bertz CT molecular complexity index is 225. The minimum Gasteiger partial charge on any atom is -0.542 e. The third kappa shape index (κ3) is 2.77. The highest BCUT2D eigenvalue weighted by atomic mass is 19.3. The van der Waals surface area contributed by atoms with Crippen LogP contribution in [0.25, 0.3) is 0 Å². The van der Waals surface area contributed by atoms with E-state index in [2.05, 4.69) is 4.74 Å². The van der Waals surface area contributed by atoms with Crippen molar-refractivity contribution in [3.63, 3.8) is 0 Å². The lowest BCUT2D eigenvalue weighted by molar-refractivity contribution is -0.368. The van der Waals surface area contributed by atoms with Crippen molar-refractivity contribution in [2.75, 3.05) is 0 Å². The van der Waals surface area contributed by atoms with E-state index in [1.807, 2.05) is 6.08 Å². The lowest BCUT2D eigenvalue weighted by Gasteiger charge is -2.25. The summed E-state index contributed by atoms with van der Waals surface area (Å²) in [5, 5.41) is 9.89. The van der Waals surface area contributed by atoms with Crippen LogP contribution in [-0.2, 0) is 9.53 Å². The summed E-state index contributed by atoms with van der Waals surface area (Å²) in [6, 6.07) is 0. The van der Waals surface area contributed by atoms with Gasteiger partial charge in [0, 0.05) is 0 Å². The Morgan fingerprint density at radius 3 is 2.69 bits per heavy atom. The predicted octanol–water partition coefficient (Wildman–Crippen LogP) is 0.454. The Hall–Kier alpha value is -0.970. The van der Waals surface area contributed by atoms with Gasteiger partial charge in [0.15, 0.2) is 0 Å². The van der Waals surface area contributed by atoms with Gasteiger partial charge in [0.25, 0.3) is 0 Å². The number of hydrogen-bond acceptors (Lipinski definition) is 3. The minimum absolute atomic E-state index is 0.322. The maximum absolute atomic E-state index is 12.4. The highest BCUT2D eigenvalue weighted by Gasteiger charge is 2.35. The minimum atomic E-state index is -4.17. The van der Waals surface area contributed by atoms with Gasteiger partial charge in [-0.3, -0.25) is 0 Å². The van der Waals surface area contributed by atoms with Crippen LogP contribution in [0.1, 0.15) is 19.3 Å². The largest absolute Gasteiger partial charge is 0.542 e. The summed E-state index contributed by atoms with van der Waals surface area (Å²) in [6.07, 6.45) is 0.0144. The van der Waals surface area contributed by atoms with E-state index in [0.717, 1.165) is 0 Å². The van der Waals surface area contributed by atoms with Crippen molar-refractivity contribution in [2.24, 2.45) is 0 Å². The number of carbonyl (C=O) groups excluding carboxylic acids is 1. The molecule has 0 aromatic carbocycles. The summed E-state index contributed by atoms with van der Waals surface area (Å²) in [4.78, 5) is 9.89. The smallest absolute Gasteiger partial charge is 0.397 e. The van der Waals surface area contributed by atoms with E-state index in [-0.39, 0.29) is 0 Å². The van der Waals surface area contributed by atoms with E-state index in [1.54, 1.807) is 6.08 Å². The van der Waals surface area contributed by atoms with Gasteiger partial charge in [-0.15, -0.1) is 0 Å². The van der Waals surface area contributed by atoms with E-state index < -0.39 is 18.2 Å². The van der Waals surface area contributed by atoms with Crippen LogP contribution in [0, 0.1) is 0 Å². The molecule has 3 nitrogen and oxygen atoms in total. The lowest BCUT2D eigenvalue weighted by atomic mass is 10.1. The normalized spacial score (nSPS) is 23.1. The van der Waals surface area contributed by atoms with Crippen molar-refractivity contribution in [1.29, 1.82) is 0 Å². The maximum atomic E-state index is 12.4. The third-order valence-electron chi connectivity index (χ3n) is 1.77. The van der Waals surface area contributed by atoms with Gasteiger partial charge in [0.2, 0.25) is 0 Å². The van der Waals surface area contributed by atoms with Crippen LogP contribution in [0.5, 0.6) is 0 Å². The summed E-state index contributed by atoms with van der Waals surface area (Å²) in [5.41, 5.74) is 0. The molecule has 5 heteroatoms. The Kier molecular flexibility index (Phi) is 2.98. The van der Waals surface area contributed by atoms with Crippen LogP contribution in [-0.4, -0.2) is 18.2 Å². The second kappa shape index (κ2) is 3.83. The molecule has 1 unspecified atom stereocenters. The van der Waals surface area contributed by atoms with Crippen LogP contribution in [0.4, 0.5) is 8.78 Å². The third-order valence-corrected chi connectivity index (χ3v) is 1.77. The van der Waals surface area contributed by atoms with Crippen LogP contribution in [0.15, 0.2) is 12.2 Å². The Balaban J connectivity index is 2.47. The first-order valence-corrected chi connectivity index (χ1v) is 3.94. The molecule has 0 bridgehead atoms. The molecule has 1 aliphatic rings. The summed E-state index contributed by atoms with van der Waals surface area (Å²) in [5.74, 6) is -2.48. The number of allylic oxidation sites excluding steroid dienone is 1. The van der Waals surface area contributed by atoms with E-state index >= 15 is 0 Å². The first kappa shape index (κ1) is 10.1. The highest BCUT2D eigenvalue weighted by Crippen LogP contribution is 2.23. The van der Waals surface area contributed by atoms with Crippen LogP contribution < -0.4 is 5.11 Å². The molecule has 0 aromatic rings. The predicted molar refractivity (Wildman–Crippen MR) is 37.8 cm³/mol. The van der Waals surface area contributed by atoms with Gasteiger partial charge < -0.3 is 14.6 Å². The van der Waals surface area contributed by atoms with E-state index in [9.17, 15) is 18.7 Å². The topological polar surface area (TPSA) is 49.4 Å². The van der Waals surface area contributed by atoms with Gasteiger partial charge in [-0.1, -0.05) is 12.2 Å². The highest BCUT2D eigenvalue weighted by molar-refractivity contribution is 5.71. The summed E-state index contributed by atoms with van der Waals surface area (Å²) in [7, 11) is 0. The van der Waals surface area contributed by atoms with E-state index in [0.29, 0.717) is 19.3 Å². The number of carbonyl (C=O) groups is 1. The van der Waals surface area contributed by atoms with Crippen LogP contribution in [0.3, 0.4) is 0 Å². The number of carboxylic acid groups (broad SMARTS) is 1. The second-order valence-electron chi connectivity index (χ2n) is 2.83. The summed E-state index contributed by atoms with van der Waals surface area (Å²) in [6.45, 7) is 0. The standard InChI is InChI=1S/C8H10F2O3/c9-8(10,7(11)12)13-6-4-2-1-3-5-6/h1-2,6H,3-5H2,(H,11,12)/p-1. The van der Waals surface area contributed by atoms with Crippen molar-refractivity contribution in [3.05, 3.63) is 12.2 Å². The molecule has 1 aliphatic carbocycles. The zero-order chi connectivity index (χ0) is 9.90. The number of aliphatic carboxylic acids is 1. The Morgan fingerprint density at radius 1 is 1.54 bits per heavy atom. The monoisotopic (exact) mass is 191 g/mol. The second-order valence-corrected chi connectivity index (χ2v) is 2.83. The van der Waals surface area contributed by atoms with E-state index in [4.69, 9.17) is 0 Å². The fourth-order valence-electron chi connectivity index (χ4n) is 1.13. The molecule has 0 fully saturated rings. The number of carboxylic acids is 1. The molecular formula is C8H9F2O3-. The van der Waals surface area contributed by atoms with Crippen molar-refractivity contribution in [1.82, 2.24) is 0 Å². The van der Waals surface area contributed by atoms with Crippen molar-refractivity contribution >= 4 is 5.97 Å². The molecule has 0 radical (unpaired) electrons. The van der Waals surface area contributed by atoms with Crippen LogP contribution in [0.2, 0.25) is 0 Å². The molecule has 0 N–H and O–H groups in total. The SMILES string of the molecule is O=C([O-])C(F)(F)OC1CC=CCC1. The molecule has 1 atom stereocenters. The van der Waals surface area contributed by atoms with E-state index in [1.165, 1.54) is 0 Å². The quantitative estimate of drug-likeness (QED) is 0.608. The van der Waals surface area contributed by atoms with Crippen molar-refractivity contribution in [3.8, 4) is 0 Å². The average molecular weight is 191 g/mol. The molecule has 0 aliphatic heterocycles. The van der Waals surface area contributed by atoms with Gasteiger partial charge in [0.1, 0.15) is 5.97 Å². The van der Waals surface area contributed by atoms with Gasteiger partial charge >= 0.3 is 6.11 Å². The number of hydrogen-bond donors (Lipinski definition) is 0. The lowest BCUT2D eigenvalue weighted by Crippen LogP contribution is -2.45. The summed E-state index contributed by atoms with van der Waals surface area (Å²) < 4.78 is 28.9. The fourth-order valence-corrected chi connectivity index (χ4v) is 1.13.